The van der Waals surface area contributed by atoms with Crippen LogP contribution in [0, 0.1) is 0 Å². The second-order valence-electron chi connectivity index (χ2n) is 5.66. The second-order valence-corrected chi connectivity index (χ2v) is 5.66. The van der Waals surface area contributed by atoms with Crippen LogP contribution in [0.2, 0.25) is 0 Å². The first kappa shape index (κ1) is 13.0. The Balaban J connectivity index is 1.56. The molecule has 106 valence electrons. The van der Waals surface area contributed by atoms with Crippen LogP contribution in [0.15, 0.2) is 0 Å². The number of aromatic nitrogens is 3. The summed E-state index contributed by atoms with van der Waals surface area (Å²) in [6.07, 6.45) is 3.18. The fourth-order valence-electron chi connectivity index (χ4n) is 2.81. The van der Waals surface area contributed by atoms with Crippen molar-refractivity contribution in [2.45, 2.75) is 31.9 Å². The van der Waals surface area contributed by atoms with Gasteiger partial charge in [-0.25, -0.2) is 9.67 Å². The third-order valence-electron chi connectivity index (χ3n) is 4.14. The lowest BCUT2D eigenvalue weighted by Crippen LogP contribution is -2.45. The average molecular weight is 265 g/mol. The van der Waals surface area contributed by atoms with Gasteiger partial charge in [0.1, 0.15) is 12.1 Å². The highest BCUT2D eigenvalue weighted by Gasteiger charge is 2.21. The van der Waals surface area contributed by atoms with Crippen molar-refractivity contribution in [2.75, 3.05) is 39.8 Å². The lowest BCUT2D eigenvalue weighted by Gasteiger charge is -2.31. The van der Waals surface area contributed by atoms with Crippen LogP contribution in [-0.2, 0) is 12.8 Å². The first-order valence-electron chi connectivity index (χ1n) is 7.25. The maximum absolute atomic E-state index is 9.87. The summed E-state index contributed by atoms with van der Waals surface area (Å²) in [5.74, 6) is 1.84. The lowest BCUT2D eigenvalue weighted by atomic mass is 10.1. The Morgan fingerprint density at radius 1 is 1.26 bits per heavy atom. The highest BCUT2D eigenvalue weighted by molar-refractivity contribution is 4.97. The standard InChI is InChI=1S/C13H23N5O/c1-16-7-9-17(10-8-16)6-5-11-14-12-3-2-4-13(19)18(12)15-11/h13,19H,2-10H2,1H3. The minimum absolute atomic E-state index is 0.464. The van der Waals surface area contributed by atoms with E-state index in [-0.39, 0.29) is 0 Å². The molecule has 2 aliphatic rings. The monoisotopic (exact) mass is 265 g/mol. The Bertz CT molecular complexity index is 425. The molecule has 1 atom stereocenters. The Labute approximate surface area is 114 Å². The van der Waals surface area contributed by atoms with Gasteiger partial charge in [0.15, 0.2) is 5.82 Å². The molecule has 1 aromatic heterocycles. The van der Waals surface area contributed by atoms with E-state index < -0.39 is 6.23 Å². The zero-order valence-electron chi connectivity index (χ0n) is 11.6. The summed E-state index contributed by atoms with van der Waals surface area (Å²) in [5.41, 5.74) is 0. The van der Waals surface area contributed by atoms with Gasteiger partial charge in [-0.3, -0.25) is 0 Å². The van der Waals surface area contributed by atoms with Gasteiger partial charge in [-0.05, 0) is 19.9 Å². The largest absolute Gasteiger partial charge is 0.372 e. The van der Waals surface area contributed by atoms with Crippen LogP contribution < -0.4 is 0 Å². The topological polar surface area (TPSA) is 57.4 Å². The maximum atomic E-state index is 9.87. The summed E-state index contributed by atoms with van der Waals surface area (Å²) in [6.45, 7) is 5.57. The highest BCUT2D eigenvalue weighted by atomic mass is 16.3. The smallest absolute Gasteiger partial charge is 0.152 e. The van der Waals surface area contributed by atoms with Crippen LogP contribution in [0.5, 0.6) is 0 Å². The first-order chi connectivity index (χ1) is 9.22. The molecule has 6 heteroatoms. The number of aliphatic hydroxyl groups excluding tert-OH is 1. The summed E-state index contributed by atoms with van der Waals surface area (Å²) in [6, 6.07) is 0. The minimum atomic E-state index is -0.464. The van der Waals surface area contributed by atoms with Gasteiger partial charge in [0.2, 0.25) is 0 Å². The lowest BCUT2D eigenvalue weighted by molar-refractivity contribution is 0.0643. The van der Waals surface area contributed by atoms with E-state index in [2.05, 4.69) is 26.9 Å². The van der Waals surface area contributed by atoms with Crippen LogP contribution in [-0.4, -0.2) is 69.4 Å². The molecule has 0 aromatic carbocycles. The van der Waals surface area contributed by atoms with Crippen LogP contribution in [0.1, 0.15) is 30.7 Å². The number of likely N-dealkylation sites (N-methyl/N-ethyl adjacent to an activating group) is 1. The average Bonchev–Trinajstić information content (AvgIpc) is 2.83. The Kier molecular flexibility index (Phi) is 3.81. The Morgan fingerprint density at radius 3 is 2.79 bits per heavy atom. The number of piperazine rings is 1. The van der Waals surface area contributed by atoms with Gasteiger partial charge >= 0.3 is 0 Å². The van der Waals surface area contributed by atoms with Gasteiger partial charge in [0.05, 0.1) is 0 Å². The molecular weight excluding hydrogens is 242 g/mol. The molecule has 19 heavy (non-hydrogen) atoms. The molecule has 1 aromatic rings. The highest BCUT2D eigenvalue weighted by Crippen LogP contribution is 2.20. The SMILES string of the molecule is CN1CCN(CCc2nc3n(n2)C(O)CCC3)CC1. The summed E-state index contributed by atoms with van der Waals surface area (Å²) < 4.78 is 1.71. The molecule has 1 fully saturated rings. The van der Waals surface area contributed by atoms with Crippen molar-refractivity contribution in [3.8, 4) is 0 Å². The fourth-order valence-corrected chi connectivity index (χ4v) is 2.81. The van der Waals surface area contributed by atoms with Crippen molar-refractivity contribution in [1.29, 1.82) is 0 Å². The van der Waals surface area contributed by atoms with Crippen LogP contribution in [0.25, 0.3) is 0 Å². The molecule has 0 amide bonds. The number of hydrogen-bond acceptors (Lipinski definition) is 5. The van der Waals surface area contributed by atoms with Gasteiger partial charge in [0.25, 0.3) is 0 Å². The molecule has 1 N–H and O–H groups in total. The number of fused-ring (bicyclic) bond motifs is 1. The quantitative estimate of drug-likeness (QED) is 0.827. The van der Waals surface area contributed by atoms with Crippen molar-refractivity contribution in [1.82, 2.24) is 24.6 Å². The van der Waals surface area contributed by atoms with Gasteiger partial charge in [0, 0.05) is 45.6 Å². The molecule has 0 aliphatic carbocycles. The van der Waals surface area contributed by atoms with Gasteiger partial charge in [-0.1, -0.05) is 0 Å². The molecule has 3 rings (SSSR count). The summed E-state index contributed by atoms with van der Waals surface area (Å²) in [5, 5.41) is 14.3. The minimum Gasteiger partial charge on any atom is -0.372 e. The number of rotatable bonds is 3. The molecule has 0 radical (unpaired) electrons. The van der Waals surface area contributed by atoms with E-state index in [9.17, 15) is 5.11 Å². The second kappa shape index (κ2) is 5.56. The van der Waals surface area contributed by atoms with Gasteiger partial charge in [-0.15, -0.1) is 0 Å². The van der Waals surface area contributed by atoms with Crippen LogP contribution >= 0.6 is 0 Å². The molecule has 0 saturated carbocycles. The van der Waals surface area contributed by atoms with Crippen LogP contribution in [0.3, 0.4) is 0 Å². The van der Waals surface area contributed by atoms with E-state index in [1.165, 1.54) is 0 Å². The molecule has 0 spiro atoms. The number of hydrogen-bond donors (Lipinski definition) is 1. The third-order valence-corrected chi connectivity index (χ3v) is 4.14. The number of nitrogens with zero attached hydrogens (tertiary/aromatic N) is 5. The Morgan fingerprint density at radius 2 is 2.05 bits per heavy atom. The molecular formula is C13H23N5O. The van der Waals surface area contributed by atoms with Crippen molar-refractivity contribution >= 4 is 0 Å². The van der Waals surface area contributed by atoms with E-state index in [1.807, 2.05) is 0 Å². The normalized spacial score (nSPS) is 25.5. The summed E-state index contributed by atoms with van der Waals surface area (Å²) >= 11 is 0. The number of aryl methyl sites for hydroxylation is 1. The van der Waals surface area contributed by atoms with E-state index >= 15 is 0 Å². The molecule has 1 unspecified atom stereocenters. The fraction of sp³-hybridized carbons (Fsp3) is 0.846. The van der Waals surface area contributed by atoms with E-state index in [0.29, 0.717) is 0 Å². The van der Waals surface area contributed by atoms with Crippen molar-refractivity contribution in [3.63, 3.8) is 0 Å². The maximum Gasteiger partial charge on any atom is 0.152 e. The van der Waals surface area contributed by atoms with Gasteiger partial charge < -0.3 is 14.9 Å². The predicted molar refractivity (Wildman–Crippen MR) is 71.9 cm³/mol. The zero-order chi connectivity index (χ0) is 13.2. The molecule has 0 bridgehead atoms. The van der Waals surface area contributed by atoms with Crippen molar-refractivity contribution in [2.24, 2.45) is 0 Å². The Hall–Kier alpha value is -0.980. The molecule has 1 saturated heterocycles. The summed E-state index contributed by atoms with van der Waals surface area (Å²) in [7, 11) is 2.17. The van der Waals surface area contributed by atoms with E-state index in [4.69, 9.17) is 0 Å². The van der Waals surface area contributed by atoms with E-state index in [0.717, 1.165) is 70.1 Å². The number of aliphatic hydroxyl groups is 1. The molecule has 6 nitrogen and oxygen atoms in total. The van der Waals surface area contributed by atoms with E-state index in [1.54, 1.807) is 4.68 Å². The predicted octanol–water partition coefficient (Wildman–Crippen LogP) is -0.105. The zero-order valence-corrected chi connectivity index (χ0v) is 11.6. The summed E-state index contributed by atoms with van der Waals surface area (Å²) in [4.78, 5) is 9.39. The van der Waals surface area contributed by atoms with Crippen molar-refractivity contribution in [3.05, 3.63) is 11.6 Å². The molecule has 3 heterocycles. The third kappa shape index (κ3) is 2.96. The van der Waals surface area contributed by atoms with Crippen LogP contribution in [0.4, 0.5) is 0 Å². The first-order valence-corrected chi connectivity index (χ1v) is 7.25. The molecule has 2 aliphatic heterocycles. The van der Waals surface area contributed by atoms with Gasteiger partial charge in [-0.2, -0.15) is 5.10 Å². The van der Waals surface area contributed by atoms with Crippen molar-refractivity contribution < 1.29 is 5.11 Å².